The van der Waals surface area contributed by atoms with Gasteiger partial charge in [-0.05, 0) is 37.5 Å². The van der Waals surface area contributed by atoms with Gasteiger partial charge in [0, 0.05) is 61.8 Å². The highest BCUT2D eigenvalue weighted by atomic mass is 16.5. The maximum Gasteiger partial charge on any atom is 0.202 e. The third kappa shape index (κ3) is 7.88. The molecular formula is C36H52N2O6. The number of anilines is 1. The molecule has 0 bridgehead atoms. The molecule has 0 radical (unpaired) electrons. The number of phenolic OH excluding ortho intramolecular Hbond substituents is 1. The Balaban J connectivity index is 2.17. The Morgan fingerprint density at radius 2 is 1.25 bits per heavy atom. The highest BCUT2D eigenvalue weighted by molar-refractivity contribution is 6.42. The van der Waals surface area contributed by atoms with Gasteiger partial charge in [-0.15, -0.1) is 0 Å². The molecule has 2 aliphatic carbocycles. The first-order valence-electron chi connectivity index (χ1n) is 16.3. The van der Waals surface area contributed by atoms with Crippen molar-refractivity contribution in [1.82, 2.24) is 4.90 Å². The predicted octanol–water partition coefficient (Wildman–Crippen LogP) is 7.35. The molecule has 0 atom stereocenters. The van der Waals surface area contributed by atoms with Crippen molar-refractivity contribution in [2.75, 3.05) is 44.3 Å². The van der Waals surface area contributed by atoms with Crippen molar-refractivity contribution in [3.8, 4) is 11.5 Å². The number of aliphatic hydroxyl groups excluding tert-OH is 1. The molecule has 3 rings (SSSR count). The topological polar surface area (TPSA) is 99.5 Å². The Kier molecular flexibility index (Phi) is 12.6. The third-order valence-electron chi connectivity index (χ3n) is 7.39. The summed E-state index contributed by atoms with van der Waals surface area (Å²) < 4.78 is 12.2. The van der Waals surface area contributed by atoms with E-state index in [0.29, 0.717) is 19.0 Å². The van der Waals surface area contributed by atoms with Gasteiger partial charge in [0.2, 0.25) is 5.78 Å². The van der Waals surface area contributed by atoms with Gasteiger partial charge in [0.05, 0.1) is 35.5 Å². The molecule has 8 heteroatoms. The van der Waals surface area contributed by atoms with Crippen LogP contribution in [0.1, 0.15) is 86.6 Å². The van der Waals surface area contributed by atoms with Crippen LogP contribution in [0.25, 0.3) is 5.57 Å². The molecule has 0 saturated carbocycles. The van der Waals surface area contributed by atoms with Crippen LogP contribution in [0.2, 0.25) is 0 Å². The number of phenols is 1. The van der Waals surface area contributed by atoms with Crippen LogP contribution in [0.5, 0.6) is 11.5 Å². The molecule has 1 aromatic rings. The van der Waals surface area contributed by atoms with Gasteiger partial charge in [0.15, 0.2) is 5.78 Å². The summed E-state index contributed by atoms with van der Waals surface area (Å²) in [5.74, 6) is -0.445. The van der Waals surface area contributed by atoms with E-state index in [9.17, 15) is 19.8 Å². The first-order valence-corrected chi connectivity index (χ1v) is 16.3. The number of carbonyl (C=O) groups excluding carboxylic acids is 2. The van der Waals surface area contributed by atoms with Crippen molar-refractivity contribution >= 4 is 22.8 Å². The molecule has 44 heavy (non-hydrogen) atoms. The van der Waals surface area contributed by atoms with E-state index >= 15 is 0 Å². The lowest BCUT2D eigenvalue weighted by Crippen LogP contribution is -2.30. The van der Waals surface area contributed by atoms with Crippen LogP contribution in [0, 0.1) is 11.8 Å². The fourth-order valence-corrected chi connectivity index (χ4v) is 5.45. The van der Waals surface area contributed by atoms with Crippen LogP contribution < -0.4 is 9.64 Å². The summed E-state index contributed by atoms with van der Waals surface area (Å²) in [5.41, 5.74) is 1.56. The summed E-state index contributed by atoms with van der Waals surface area (Å²) in [6.45, 7) is 20.3. The lowest BCUT2D eigenvalue weighted by Gasteiger charge is -2.31. The van der Waals surface area contributed by atoms with Gasteiger partial charge < -0.3 is 29.5 Å². The number of hydrogen-bond donors (Lipinski definition) is 2. The Bertz CT molecular complexity index is 1320. The molecule has 0 aliphatic heterocycles. The number of hydrogen-bond acceptors (Lipinski definition) is 8. The SMILES string of the molecule is CCCN(CCC)C1=CC(=O)C(=C2C(=O)C(c3c(O)cc(N(CCC)CCC)cc3OCC(C)C)=C2O)C(OCC(C)C)=C1. The van der Waals surface area contributed by atoms with Gasteiger partial charge in [0.25, 0.3) is 0 Å². The van der Waals surface area contributed by atoms with Crippen molar-refractivity contribution in [3.63, 3.8) is 0 Å². The molecule has 242 valence electrons. The molecule has 0 amide bonds. The summed E-state index contributed by atoms with van der Waals surface area (Å²) in [4.78, 5) is 31.8. The summed E-state index contributed by atoms with van der Waals surface area (Å²) in [7, 11) is 0. The highest BCUT2D eigenvalue weighted by Crippen LogP contribution is 2.48. The first-order chi connectivity index (χ1) is 21.0. The Morgan fingerprint density at radius 1 is 0.705 bits per heavy atom. The van der Waals surface area contributed by atoms with E-state index < -0.39 is 11.6 Å². The number of aliphatic hydroxyl groups is 1. The molecule has 0 heterocycles. The molecule has 2 N–H and O–H groups in total. The van der Waals surface area contributed by atoms with Gasteiger partial charge >= 0.3 is 0 Å². The number of ketones is 2. The number of Topliss-reactive ketones (excluding diaryl/α,β-unsaturated/α-hetero) is 1. The van der Waals surface area contributed by atoms with E-state index in [1.54, 1.807) is 12.1 Å². The predicted molar refractivity (Wildman–Crippen MR) is 177 cm³/mol. The Hall–Kier alpha value is -3.68. The maximum atomic E-state index is 13.9. The molecule has 0 fully saturated rings. The Labute approximate surface area is 263 Å². The van der Waals surface area contributed by atoms with Gasteiger partial charge in [0.1, 0.15) is 23.0 Å². The second-order valence-corrected chi connectivity index (χ2v) is 12.5. The normalized spacial score (nSPS) is 16.8. The molecule has 0 spiro atoms. The molecular weight excluding hydrogens is 556 g/mol. The molecule has 2 aliphatic rings. The van der Waals surface area contributed by atoms with Crippen molar-refractivity contribution in [1.29, 1.82) is 0 Å². The van der Waals surface area contributed by atoms with Crippen LogP contribution in [-0.2, 0) is 14.3 Å². The summed E-state index contributed by atoms with van der Waals surface area (Å²) in [5, 5.41) is 22.7. The maximum absolute atomic E-state index is 13.9. The lowest BCUT2D eigenvalue weighted by molar-refractivity contribution is -0.114. The van der Waals surface area contributed by atoms with Crippen LogP contribution in [0.3, 0.4) is 0 Å². The minimum absolute atomic E-state index is 0.0476. The minimum Gasteiger partial charge on any atom is -0.507 e. The van der Waals surface area contributed by atoms with E-state index in [4.69, 9.17) is 9.47 Å². The van der Waals surface area contributed by atoms with Crippen LogP contribution >= 0.6 is 0 Å². The van der Waals surface area contributed by atoms with Crippen LogP contribution in [-0.4, -0.2) is 66.1 Å². The van der Waals surface area contributed by atoms with E-state index in [0.717, 1.165) is 63.2 Å². The second kappa shape index (κ2) is 15.9. The van der Waals surface area contributed by atoms with Crippen LogP contribution in [0.15, 0.2) is 52.6 Å². The molecule has 0 unspecified atom stereocenters. The fraction of sp³-hybridized carbons (Fsp3) is 0.556. The van der Waals surface area contributed by atoms with E-state index in [1.807, 2.05) is 33.8 Å². The summed E-state index contributed by atoms with van der Waals surface area (Å²) in [6, 6.07) is 3.45. The molecule has 1 aromatic carbocycles. The number of nitrogens with zero attached hydrogens (tertiary/aromatic N) is 2. The summed E-state index contributed by atoms with van der Waals surface area (Å²) in [6.07, 6.45) is 7.01. The van der Waals surface area contributed by atoms with Crippen LogP contribution in [0.4, 0.5) is 5.69 Å². The molecule has 8 nitrogen and oxygen atoms in total. The van der Waals surface area contributed by atoms with Gasteiger partial charge in [-0.25, -0.2) is 0 Å². The van der Waals surface area contributed by atoms with Gasteiger partial charge in [-0.1, -0.05) is 55.4 Å². The van der Waals surface area contributed by atoms with Crippen molar-refractivity contribution in [2.24, 2.45) is 11.8 Å². The average molecular weight is 609 g/mol. The van der Waals surface area contributed by atoms with Crippen molar-refractivity contribution in [3.05, 3.63) is 58.2 Å². The Morgan fingerprint density at radius 3 is 1.77 bits per heavy atom. The van der Waals surface area contributed by atoms with E-state index in [2.05, 4.69) is 37.5 Å². The molecule has 0 saturated heterocycles. The third-order valence-corrected chi connectivity index (χ3v) is 7.39. The summed E-state index contributed by atoms with van der Waals surface area (Å²) >= 11 is 0. The number of rotatable bonds is 17. The standard InChI is InChI=1S/C36H52N2O6/c1-9-13-37(14-10-2)25-17-27(39)31(29(19-25)43-21-23(5)6)33-35(41)34(36(33)42)32-28(40)18-26(38(15-11-3)16-12-4)20-30(32)44-22-24(7)8/h17-20,23-24,39,41H,9-16,21-22H2,1-8H3. The smallest absolute Gasteiger partial charge is 0.202 e. The fourth-order valence-electron chi connectivity index (χ4n) is 5.45. The van der Waals surface area contributed by atoms with Gasteiger partial charge in [-0.3, -0.25) is 9.59 Å². The number of allylic oxidation sites excluding steroid dienone is 5. The van der Waals surface area contributed by atoms with E-state index in [-0.39, 0.29) is 51.4 Å². The largest absolute Gasteiger partial charge is 0.507 e. The zero-order valence-electron chi connectivity index (χ0n) is 28.0. The highest BCUT2D eigenvalue weighted by Gasteiger charge is 2.43. The van der Waals surface area contributed by atoms with Crippen molar-refractivity contribution in [2.45, 2.75) is 81.1 Å². The number of ether oxygens (including phenoxy) is 2. The van der Waals surface area contributed by atoms with Gasteiger partial charge in [-0.2, -0.15) is 0 Å². The molecule has 0 aromatic heterocycles. The first kappa shape index (κ1) is 34.8. The minimum atomic E-state index is -0.530. The monoisotopic (exact) mass is 608 g/mol. The van der Waals surface area contributed by atoms with Crippen molar-refractivity contribution < 1.29 is 29.3 Å². The quantitative estimate of drug-likeness (QED) is 0.177. The average Bonchev–Trinajstić information content (AvgIpc) is 2.97. The number of aromatic hydroxyl groups is 1. The zero-order chi connectivity index (χ0) is 32.6. The number of benzene rings is 1. The lowest BCUT2D eigenvalue weighted by atomic mass is 9.78. The number of carbonyl (C=O) groups is 2. The zero-order valence-corrected chi connectivity index (χ0v) is 28.0. The van der Waals surface area contributed by atoms with E-state index in [1.165, 1.54) is 6.08 Å². The second-order valence-electron chi connectivity index (χ2n) is 12.5.